The highest BCUT2D eigenvalue weighted by Crippen LogP contribution is 2.19. The van der Waals surface area contributed by atoms with Crippen molar-refractivity contribution in [1.29, 1.82) is 0 Å². The van der Waals surface area contributed by atoms with Gasteiger partial charge in [0.1, 0.15) is 11.5 Å². The summed E-state index contributed by atoms with van der Waals surface area (Å²) in [5.41, 5.74) is 1.88. The number of carbonyl (C=O) groups excluding carboxylic acids is 1. The van der Waals surface area contributed by atoms with Crippen LogP contribution in [0.1, 0.15) is 44.4 Å². The summed E-state index contributed by atoms with van der Waals surface area (Å²) >= 11 is 0. The lowest BCUT2D eigenvalue weighted by atomic mass is 10.1. The fourth-order valence-corrected chi connectivity index (χ4v) is 2.60. The van der Waals surface area contributed by atoms with E-state index >= 15 is 0 Å². The number of amides is 1. The van der Waals surface area contributed by atoms with Crippen LogP contribution in [0.5, 0.6) is 11.5 Å². The highest BCUT2D eigenvalue weighted by Gasteiger charge is 2.10. The Balaban J connectivity index is 1.80. The topological polar surface area (TPSA) is 47.6 Å². The molecule has 1 N–H and O–H groups in total. The molecule has 0 aliphatic heterocycles. The summed E-state index contributed by atoms with van der Waals surface area (Å²) < 4.78 is 34.2. The van der Waals surface area contributed by atoms with Crippen molar-refractivity contribution in [3.8, 4) is 11.5 Å². The minimum Gasteiger partial charge on any atom is -0.491 e. The highest BCUT2D eigenvalue weighted by atomic mass is 19.3. The molecule has 27 heavy (non-hydrogen) atoms. The number of benzene rings is 2. The van der Waals surface area contributed by atoms with Crippen LogP contribution in [0.4, 0.5) is 8.78 Å². The summed E-state index contributed by atoms with van der Waals surface area (Å²) in [6.45, 7) is 3.02. The van der Waals surface area contributed by atoms with Crippen LogP contribution >= 0.6 is 0 Å². The number of halogens is 2. The predicted octanol–water partition coefficient (Wildman–Crippen LogP) is 4.89. The maximum absolute atomic E-state index is 12.2. The Morgan fingerprint density at radius 1 is 0.926 bits per heavy atom. The molecule has 1 atom stereocenters. The van der Waals surface area contributed by atoms with Gasteiger partial charge in [-0.1, -0.05) is 24.3 Å². The molecule has 0 heterocycles. The summed E-state index contributed by atoms with van der Waals surface area (Å²) in [6.07, 6.45) is 0.951. The smallest absolute Gasteiger partial charge is 0.387 e. The molecule has 0 radical (unpaired) electrons. The van der Waals surface area contributed by atoms with E-state index in [1.807, 2.05) is 45.0 Å². The lowest BCUT2D eigenvalue weighted by Gasteiger charge is -2.16. The Morgan fingerprint density at radius 3 is 2.04 bits per heavy atom. The minimum atomic E-state index is -2.84. The first-order valence-corrected chi connectivity index (χ1v) is 8.93. The number of hydrogen-bond acceptors (Lipinski definition) is 3. The molecule has 1 amide bonds. The van der Waals surface area contributed by atoms with E-state index in [0.29, 0.717) is 12.8 Å². The molecule has 0 spiro atoms. The number of hydrogen-bond donors (Lipinski definition) is 1. The molecule has 0 aliphatic rings. The summed E-state index contributed by atoms with van der Waals surface area (Å²) in [7, 11) is 0. The van der Waals surface area contributed by atoms with Crippen LogP contribution < -0.4 is 14.8 Å². The van der Waals surface area contributed by atoms with E-state index in [9.17, 15) is 13.6 Å². The number of carbonyl (C=O) groups is 1. The normalized spacial score (nSPS) is 12.1. The Bertz CT molecular complexity index is 715. The lowest BCUT2D eigenvalue weighted by molar-refractivity contribution is -0.121. The van der Waals surface area contributed by atoms with Gasteiger partial charge in [-0.25, -0.2) is 0 Å². The van der Waals surface area contributed by atoms with E-state index in [1.165, 1.54) is 12.1 Å². The van der Waals surface area contributed by atoms with Gasteiger partial charge in [-0.05, 0) is 62.6 Å². The van der Waals surface area contributed by atoms with Crippen LogP contribution in [0, 0.1) is 0 Å². The molecule has 2 rings (SSSR count). The lowest BCUT2D eigenvalue weighted by Crippen LogP contribution is -2.26. The minimum absolute atomic E-state index is 0.0714. The van der Waals surface area contributed by atoms with Crippen LogP contribution in [0.3, 0.4) is 0 Å². The van der Waals surface area contributed by atoms with Gasteiger partial charge in [0.15, 0.2) is 0 Å². The monoisotopic (exact) mass is 377 g/mol. The highest BCUT2D eigenvalue weighted by molar-refractivity contribution is 5.76. The molecule has 0 aromatic heterocycles. The number of aryl methyl sites for hydroxylation is 1. The third kappa shape index (κ3) is 7.25. The molecule has 4 nitrogen and oxygen atoms in total. The second-order valence-electron chi connectivity index (χ2n) is 6.55. The number of nitrogens with one attached hydrogen (secondary N) is 1. The van der Waals surface area contributed by atoms with Gasteiger partial charge in [-0.15, -0.1) is 0 Å². The molecule has 2 aromatic rings. The molecule has 0 saturated carbocycles. The van der Waals surface area contributed by atoms with Gasteiger partial charge in [0.2, 0.25) is 5.91 Å². The van der Waals surface area contributed by atoms with Gasteiger partial charge in [0.05, 0.1) is 12.1 Å². The van der Waals surface area contributed by atoms with E-state index in [2.05, 4.69) is 10.1 Å². The molecule has 0 bridgehead atoms. The Labute approximate surface area is 158 Å². The average molecular weight is 377 g/mol. The summed E-state index contributed by atoms with van der Waals surface area (Å²) in [6, 6.07) is 13.8. The molecule has 0 fully saturated rings. The van der Waals surface area contributed by atoms with Crippen LogP contribution in [0.15, 0.2) is 48.5 Å². The molecule has 1 unspecified atom stereocenters. The van der Waals surface area contributed by atoms with Gasteiger partial charge >= 0.3 is 6.61 Å². The average Bonchev–Trinajstić information content (AvgIpc) is 2.60. The van der Waals surface area contributed by atoms with Crippen molar-refractivity contribution in [1.82, 2.24) is 5.32 Å². The van der Waals surface area contributed by atoms with E-state index in [4.69, 9.17) is 4.74 Å². The third-order valence-corrected chi connectivity index (χ3v) is 3.92. The third-order valence-electron chi connectivity index (χ3n) is 3.92. The first-order valence-electron chi connectivity index (χ1n) is 8.93. The van der Waals surface area contributed by atoms with E-state index in [-0.39, 0.29) is 23.8 Å². The summed E-state index contributed by atoms with van der Waals surface area (Å²) in [4.78, 5) is 12.2. The number of alkyl halides is 2. The Hall–Kier alpha value is -2.63. The first-order chi connectivity index (χ1) is 12.8. The van der Waals surface area contributed by atoms with Gasteiger partial charge in [0, 0.05) is 6.42 Å². The maximum Gasteiger partial charge on any atom is 0.387 e. The fourth-order valence-electron chi connectivity index (χ4n) is 2.60. The van der Waals surface area contributed by atoms with Crippen molar-refractivity contribution < 1.29 is 23.0 Å². The van der Waals surface area contributed by atoms with E-state index < -0.39 is 6.61 Å². The van der Waals surface area contributed by atoms with Crippen molar-refractivity contribution in [2.75, 3.05) is 0 Å². The molecule has 0 aliphatic carbocycles. The van der Waals surface area contributed by atoms with Crippen LogP contribution in [-0.2, 0) is 11.2 Å². The predicted molar refractivity (Wildman–Crippen MR) is 100 cm³/mol. The largest absolute Gasteiger partial charge is 0.491 e. The SMILES string of the molecule is CC(C)Oc1ccc(C(C)NC(=O)CCc2ccc(OC(F)F)cc2)cc1. The van der Waals surface area contributed by atoms with Gasteiger partial charge in [-0.3, -0.25) is 4.79 Å². The van der Waals surface area contributed by atoms with Crippen molar-refractivity contribution in [3.63, 3.8) is 0 Å². The van der Waals surface area contributed by atoms with Crippen molar-refractivity contribution >= 4 is 5.91 Å². The van der Waals surface area contributed by atoms with Crippen LogP contribution in [0.25, 0.3) is 0 Å². The van der Waals surface area contributed by atoms with Crippen LogP contribution in [-0.4, -0.2) is 18.6 Å². The fraction of sp³-hybridized carbons (Fsp3) is 0.381. The summed E-state index contributed by atoms with van der Waals surface area (Å²) in [5.74, 6) is 0.834. The summed E-state index contributed by atoms with van der Waals surface area (Å²) in [5, 5.41) is 2.96. The molecule has 6 heteroatoms. The zero-order valence-electron chi connectivity index (χ0n) is 15.7. The standard InChI is InChI=1S/C21H25F2NO3/c1-14(2)26-18-11-7-17(8-12-18)15(3)24-20(25)13-6-16-4-9-19(10-5-16)27-21(22)23/h4-5,7-12,14-15,21H,6,13H2,1-3H3,(H,24,25). The van der Waals surface area contributed by atoms with Gasteiger partial charge in [0.25, 0.3) is 0 Å². The van der Waals surface area contributed by atoms with Crippen LogP contribution in [0.2, 0.25) is 0 Å². The molecular weight excluding hydrogens is 352 g/mol. The van der Waals surface area contributed by atoms with E-state index in [0.717, 1.165) is 16.9 Å². The Morgan fingerprint density at radius 2 is 1.48 bits per heavy atom. The van der Waals surface area contributed by atoms with Gasteiger partial charge < -0.3 is 14.8 Å². The quantitative estimate of drug-likeness (QED) is 0.677. The van der Waals surface area contributed by atoms with Gasteiger partial charge in [-0.2, -0.15) is 8.78 Å². The zero-order valence-corrected chi connectivity index (χ0v) is 15.7. The molecular formula is C21H25F2NO3. The van der Waals surface area contributed by atoms with Crippen molar-refractivity contribution in [2.45, 2.75) is 52.4 Å². The van der Waals surface area contributed by atoms with Crippen molar-refractivity contribution in [2.24, 2.45) is 0 Å². The Kier molecular flexibility index (Phi) is 7.58. The number of rotatable bonds is 9. The second-order valence-corrected chi connectivity index (χ2v) is 6.55. The van der Waals surface area contributed by atoms with Crippen molar-refractivity contribution in [3.05, 3.63) is 59.7 Å². The molecule has 0 saturated heterocycles. The second kappa shape index (κ2) is 9.90. The maximum atomic E-state index is 12.2. The first kappa shape index (κ1) is 20.7. The zero-order chi connectivity index (χ0) is 19.8. The molecule has 2 aromatic carbocycles. The molecule has 146 valence electrons. The van der Waals surface area contributed by atoms with E-state index in [1.54, 1.807) is 12.1 Å². The number of ether oxygens (including phenoxy) is 2.